The Morgan fingerprint density at radius 3 is 2.68 bits per heavy atom. The zero-order chi connectivity index (χ0) is 14.2. The van der Waals surface area contributed by atoms with Gasteiger partial charge in [0.25, 0.3) is 0 Å². The van der Waals surface area contributed by atoms with Crippen LogP contribution in [0.25, 0.3) is 11.0 Å². The lowest BCUT2D eigenvalue weighted by Gasteiger charge is -2.13. The molecule has 1 heterocycles. The van der Waals surface area contributed by atoms with Crippen LogP contribution < -0.4 is 11.1 Å². The van der Waals surface area contributed by atoms with Crippen molar-refractivity contribution < 1.29 is 4.79 Å². The highest BCUT2D eigenvalue weighted by molar-refractivity contribution is 5.96. The van der Waals surface area contributed by atoms with Gasteiger partial charge in [-0.25, -0.2) is 4.98 Å². The number of fused-ring (bicyclic) bond motifs is 1. The number of H-pyrrole nitrogens is 1. The number of aromatic nitrogens is 2. The Kier molecular flexibility index (Phi) is 3.32. The third kappa shape index (κ3) is 2.93. The van der Waals surface area contributed by atoms with E-state index in [1.807, 2.05) is 18.2 Å². The van der Waals surface area contributed by atoms with Crippen LogP contribution in [0.4, 0.5) is 5.69 Å². The van der Waals surface area contributed by atoms with Gasteiger partial charge >= 0.3 is 0 Å². The molecule has 1 amide bonds. The van der Waals surface area contributed by atoms with Crippen LogP contribution in [0.2, 0.25) is 0 Å². The summed E-state index contributed by atoms with van der Waals surface area (Å²) >= 11 is 0. The number of imidazole rings is 1. The van der Waals surface area contributed by atoms with Crippen LogP contribution in [0.1, 0.15) is 33.5 Å². The molecule has 5 nitrogen and oxygen atoms in total. The zero-order valence-corrected chi connectivity index (χ0v) is 11.7. The summed E-state index contributed by atoms with van der Waals surface area (Å²) in [6.07, 6.45) is 0. The topological polar surface area (TPSA) is 83.8 Å². The van der Waals surface area contributed by atoms with Gasteiger partial charge in [-0.2, -0.15) is 0 Å². The molecule has 0 spiro atoms. The molecule has 2 aromatic rings. The Bertz CT molecular complexity index is 607. The van der Waals surface area contributed by atoms with Crippen molar-refractivity contribution in [2.75, 3.05) is 5.32 Å². The lowest BCUT2D eigenvalue weighted by atomic mass is 9.96. The van der Waals surface area contributed by atoms with E-state index in [9.17, 15) is 4.79 Å². The number of nitrogens with two attached hydrogens (primary N) is 1. The van der Waals surface area contributed by atoms with Gasteiger partial charge in [-0.05, 0) is 25.1 Å². The minimum absolute atomic E-state index is 0.0335. The monoisotopic (exact) mass is 260 g/mol. The molecule has 2 rings (SSSR count). The van der Waals surface area contributed by atoms with E-state index in [-0.39, 0.29) is 11.3 Å². The maximum atomic E-state index is 11.6. The Morgan fingerprint density at radius 2 is 2.11 bits per heavy atom. The Morgan fingerprint density at radius 1 is 1.42 bits per heavy atom. The third-order valence-corrected chi connectivity index (χ3v) is 2.87. The van der Waals surface area contributed by atoms with Gasteiger partial charge in [0.2, 0.25) is 5.91 Å². The summed E-state index contributed by atoms with van der Waals surface area (Å²) in [5.41, 5.74) is 8.02. The number of carbonyl (C=O) groups excluding carboxylic acids is 1. The average Bonchev–Trinajstić information content (AvgIpc) is 2.71. The average molecular weight is 260 g/mol. The SMILES string of the molecule is C[C@H](N)C(=O)Nc1ccc2nc(C(C)(C)C)[nH]c2c1. The second kappa shape index (κ2) is 4.66. The summed E-state index contributed by atoms with van der Waals surface area (Å²) in [6, 6.07) is 5.06. The van der Waals surface area contributed by atoms with Gasteiger partial charge in [0.1, 0.15) is 5.82 Å². The van der Waals surface area contributed by atoms with Crippen molar-refractivity contribution in [3.63, 3.8) is 0 Å². The molecule has 1 aromatic carbocycles. The number of carbonyl (C=O) groups is 1. The molecule has 4 N–H and O–H groups in total. The van der Waals surface area contributed by atoms with Gasteiger partial charge < -0.3 is 16.0 Å². The number of anilines is 1. The number of rotatable bonds is 2. The number of hydrogen-bond donors (Lipinski definition) is 3. The van der Waals surface area contributed by atoms with E-state index in [2.05, 4.69) is 36.1 Å². The van der Waals surface area contributed by atoms with Crippen LogP contribution in [0.5, 0.6) is 0 Å². The van der Waals surface area contributed by atoms with Gasteiger partial charge in [0.15, 0.2) is 0 Å². The van der Waals surface area contributed by atoms with Crippen molar-refractivity contribution >= 4 is 22.6 Å². The van der Waals surface area contributed by atoms with Crippen molar-refractivity contribution in [1.82, 2.24) is 9.97 Å². The summed E-state index contributed by atoms with van der Waals surface area (Å²) < 4.78 is 0. The van der Waals surface area contributed by atoms with E-state index in [1.165, 1.54) is 0 Å². The molecule has 102 valence electrons. The fourth-order valence-corrected chi connectivity index (χ4v) is 1.70. The fraction of sp³-hybridized carbons (Fsp3) is 0.429. The van der Waals surface area contributed by atoms with Crippen molar-refractivity contribution in [3.8, 4) is 0 Å². The smallest absolute Gasteiger partial charge is 0.240 e. The van der Waals surface area contributed by atoms with E-state index < -0.39 is 6.04 Å². The Labute approximate surface area is 112 Å². The molecule has 0 bridgehead atoms. The molecule has 0 saturated heterocycles. The standard InChI is InChI=1S/C14H20N4O/c1-8(15)12(19)16-9-5-6-10-11(7-9)18-13(17-10)14(2,3)4/h5-8H,15H2,1-4H3,(H,16,19)(H,17,18)/t8-/m0/s1. The van der Waals surface area contributed by atoms with Gasteiger partial charge in [0.05, 0.1) is 17.1 Å². The number of amides is 1. The maximum Gasteiger partial charge on any atom is 0.240 e. The number of nitrogens with one attached hydrogen (secondary N) is 2. The van der Waals surface area contributed by atoms with Crippen LogP contribution in [0.3, 0.4) is 0 Å². The summed E-state index contributed by atoms with van der Waals surface area (Å²) in [7, 11) is 0. The molecule has 0 aliphatic carbocycles. The van der Waals surface area contributed by atoms with Crippen molar-refractivity contribution in [1.29, 1.82) is 0 Å². The van der Waals surface area contributed by atoms with Crippen LogP contribution in [0.15, 0.2) is 18.2 Å². The zero-order valence-electron chi connectivity index (χ0n) is 11.7. The Balaban J connectivity index is 2.33. The number of nitrogens with zero attached hydrogens (tertiary/aromatic N) is 1. The lowest BCUT2D eigenvalue weighted by molar-refractivity contribution is -0.117. The van der Waals surface area contributed by atoms with Gasteiger partial charge in [0, 0.05) is 11.1 Å². The predicted molar refractivity (Wildman–Crippen MR) is 77.1 cm³/mol. The van der Waals surface area contributed by atoms with Crippen LogP contribution in [-0.2, 0) is 10.2 Å². The summed E-state index contributed by atoms with van der Waals surface area (Å²) in [6.45, 7) is 7.96. The molecule has 1 atom stereocenters. The van der Waals surface area contributed by atoms with Gasteiger partial charge in [-0.15, -0.1) is 0 Å². The molecule has 5 heteroatoms. The first-order valence-corrected chi connectivity index (χ1v) is 6.34. The third-order valence-electron chi connectivity index (χ3n) is 2.87. The molecule has 0 fully saturated rings. The number of benzene rings is 1. The Hall–Kier alpha value is -1.88. The van der Waals surface area contributed by atoms with E-state index in [4.69, 9.17) is 5.73 Å². The molecule has 0 aliphatic heterocycles. The number of aromatic amines is 1. The first kappa shape index (κ1) is 13.5. The first-order valence-electron chi connectivity index (χ1n) is 6.34. The molecule has 19 heavy (non-hydrogen) atoms. The molecular formula is C14H20N4O. The summed E-state index contributed by atoms with van der Waals surface area (Å²) in [5, 5.41) is 2.77. The molecule has 0 saturated carbocycles. The summed E-state index contributed by atoms with van der Waals surface area (Å²) in [5.74, 6) is 0.730. The predicted octanol–water partition coefficient (Wildman–Crippen LogP) is 2.15. The molecule has 1 aromatic heterocycles. The molecule has 0 aliphatic rings. The van der Waals surface area contributed by atoms with E-state index in [0.717, 1.165) is 22.5 Å². The van der Waals surface area contributed by atoms with E-state index >= 15 is 0 Å². The van der Waals surface area contributed by atoms with Crippen molar-refractivity contribution in [2.24, 2.45) is 5.73 Å². The molecule has 0 unspecified atom stereocenters. The fourth-order valence-electron chi connectivity index (χ4n) is 1.70. The van der Waals surface area contributed by atoms with Crippen LogP contribution in [-0.4, -0.2) is 21.9 Å². The highest BCUT2D eigenvalue weighted by Crippen LogP contribution is 2.24. The molecule has 0 radical (unpaired) electrons. The highest BCUT2D eigenvalue weighted by Gasteiger charge is 2.18. The second-order valence-electron chi connectivity index (χ2n) is 5.85. The quantitative estimate of drug-likeness (QED) is 0.773. The highest BCUT2D eigenvalue weighted by atomic mass is 16.2. The first-order chi connectivity index (χ1) is 8.77. The minimum atomic E-state index is -0.525. The normalized spacial score (nSPS) is 13.5. The second-order valence-corrected chi connectivity index (χ2v) is 5.85. The van der Waals surface area contributed by atoms with Crippen LogP contribution >= 0.6 is 0 Å². The van der Waals surface area contributed by atoms with Crippen LogP contribution in [0, 0.1) is 0 Å². The summed E-state index contributed by atoms with van der Waals surface area (Å²) in [4.78, 5) is 19.4. The molecular weight excluding hydrogens is 240 g/mol. The van der Waals surface area contributed by atoms with E-state index in [0.29, 0.717) is 0 Å². The van der Waals surface area contributed by atoms with Gasteiger partial charge in [-0.1, -0.05) is 20.8 Å². The largest absolute Gasteiger partial charge is 0.341 e. The lowest BCUT2D eigenvalue weighted by Crippen LogP contribution is -2.32. The van der Waals surface area contributed by atoms with Gasteiger partial charge in [-0.3, -0.25) is 4.79 Å². The van der Waals surface area contributed by atoms with Crippen molar-refractivity contribution in [2.45, 2.75) is 39.2 Å². The van der Waals surface area contributed by atoms with E-state index in [1.54, 1.807) is 6.92 Å². The van der Waals surface area contributed by atoms with Crippen molar-refractivity contribution in [3.05, 3.63) is 24.0 Å². The maximum absolute atomic E-state index is 11.6. The minimum Gasteiger partial charge on any atom is -0.341 e. The number of hydrogen-bond acceptors (Lipinski definition) is 3.